The van der Waals surface area contributed by atoms with E-state index in [9.17, 15) is 4.79 Å². The predicted octanol–water partition coefficient (Wildman–Crippen LogP) is 3.95. The number of benzene rings is 2. The number of hydrogen-bond acceptors (Lipinski definition) is 4. The summed E-state index contributed by atoms with van der Waals surface area (Å²) >= 11 is 0. The minimum absolute atomic E-state index is 0.0363. The first kappa shape index (κ1) is 16.8. The summed E-state index contributed by atoms with van der Waals surface area (Å²) in [4.78, 5) is 19.1. The number of rotatable bonds is 4. The Morgan fingerprint density at radius 2 is 1.88 bits per heavy atom. The van der Waals surface area contributed by atoms with E-state index in [1.54, 1.807) is 0 Å². The van der Waals surface area contributed by atoms with Crippen molar-refractivity contribution in [3.05, 3.63) is 60.0 Å². The van der Waals surface area contributed by atoms with Crippen molar-refractivity contribution in [2.24, 2.45) is 0 Å². The number of para-hydroxylation sites is 2. The molecule has 0 bridgehead atoms. The van der Waals surface area contributed by atoms with Gasteiger partial charge in [0.05, 0.1) is 6.54 Å². The first-order valence-electron chi connectivity index (χ1n) is 9.12. The minimum atomic E-state index is 0.0363. The molecule has 1 aromatic heterocycles. The predicted molar refractivity (Wildman–Crippen MR) is 102 cm³/mol. The first-order chi connectivity index (χ1) is 12.7. The number of likely N-dealkylation sites (tertiary alicyclic amines) is 1. The molecule has 0 spiro atoms. The van der Waals surface area contributed by atoms with E-state index in [-0.39, 0.29) is 5.91 Å². The Morgan fingerprint density at radius 1 is 1.15 bits per heavy atom. The van der Waals surface area contributed by atoms with Gasteiger partial charge in [-0.05, 0) is 57.1 Å². The Bertz CT molecular complexity index is 860. The number of nitrogens with one attached hydrogen (secondary N) is 1. The van der Waals surface area contributed by atoms with Crippen LogP contribution in [0.3, 0.4) is 0 Å². The SMILES string of the molecule is Cc1ccc(NC(=O)CN2CCC(c3nc4ccccc4o3)CC2)cc1. The Kier molecular flexibility index (Phi) is 4.71. The van der Waals surface area contributed by atoms with Crippen molar-refractivity contribution in [3.63, 3.8) is 0 Å². The molecule has 5 nitrogen and oxygen atoms in total. The summed E-state index contributed by atoms with van der Waals surface area (Å²) < 4.78 is 5.90. The molecule has 1 amide bonds. The van der Waals surface area contributed by atoms with Crippen molar-refractivity contribution in [1.29, 1.82) is 0 Å². The highest BCUT2D eigenvalue weighted by molar-refractivity contribution is 5.92. The lowest BCUT2D eigenvalue weighted by Gasteiger charge is -2.29. The van der Waals surface area contributed by atoms with Crippen molar-refractivity contribution in [1.82, 2.24) is 9.88 Å². The summed E-state index contributed by atoms with van der Waals surface area (Å²) in [5.41, 5.74) is 3.80. The number of anilines is 1. The zero-order chi connectivity index (χ0) is 17.9. The number of piperidine rings is 1. The van der Waals surface area contributed by atoms with Gasteiger partial charge in [-0.3, -0.25) is 9.69 Å². The number of aryl methyl sites for hydroxylation is 1. The van der Waals surface area contributed by atoms with Crippen molar-refractivity contribution in [3.8, 4) is 0 Å². The maximum absolute atomic E-state index is 12.3. The van der Waals surface area contributed by atoms with E-state index in [0.29, 0.717) is 12.5 Å². The topological polar surface area (TPSA) is 58.4 Å². The molecule has 2 aromatic carbocycles. The van der Waals surface area contributed by atoms with Crippen LogP contribution in [0.1, 0.15) is 30.2 Å². The maximum atomic E-state index is 12.3. The van der Waals surface area contributed by atoms with Gasteiger partial charge in [-0.1, -0.05) is 29.8 Å². The molecule has 0 atom stereocenters. The number of amides is 1. The summed E-state index contributed by atoms with van der Waals surface area (Å²) in [7, 11) is 0. The Balaban J connectivity index is 1.30. The zero-order valence-corrected chi connectivity index (χ0v) is 14.9. The molecule has 0 unspecified atom stereocenters. The quantitative estimate of drug-likeness (QED) is 0.775. The van der Waals surface area contributed by atoms with Crippen LogP contribution < -0.4 is 5.32 Å². The number of oxazole rings is 1. The number of aromatic nitrogens is 1. The molecule has 0 aliphatic carbocycles. The van der Waals surface area contributed by atoms with Crippen LogP contribution in [0, 0.1) is 6.92 Å². The molecule has 3 aromatic rings. The van der Waals surface area contributed by atoms with Crippen LogP contribution in [-0.2, 0) is 4.79 Å². The van der Waals surface area contributed by atoms with Gasteiger partial charge in [-0.2, -0.15) is 0 Å². The van der Waals surface area contributed by atoms with Gasteiger partial charge in [0.1, 0.15) is 5.52 Å². The maximum Gasteiger partial charge on any atom is 0.238 e. The largest absolute Gasteiger partial charge is 0.440 e. The molecule has 134 valence electrons. The smallest absolute Gasteiger partial charge is 0.238 e. The van der Waals surface area contributed by atoms with E-state index in [4.69, 9.17) is 4.42 Å². The number of carbonyl (C=O) groups is 1. The molecule has 1 fully saturated rings. The lowest BCUT2D eigenvalue weighted by Crippen LogP contribution is -2.38. The third-order valence-electron chi connectivity index (χ3n) is 4.95. The summed E-state index contributed by atoms with van der Waals surface area (Å²) in [6, 6.07) is 15.8. The van der Waals surface area contributed by atoms with Crippen LogP contribution in [0.2, 0.25) is 0 Å². The molecular formula is C21H23N3O2. The third kappa shape index (κ3) is 3.78. The van der Waals surface area contributed by atoms with Crippen LogP contribution in [-0.4, -0.2) is 35.4 Å². The molecular weight excluding hydrogens is 326 g/mol. The lowest BCUT2D eigenvalue weighted by molar-refractivity contribution is -0.117. The number of hydrogen-bond donors (Lipinski definition) is 1. The van der Waals surface area contributed by atoms with Gasteiger partial charge in [-0.15, -0.1) is 0 Å². The molecule has 1 saturated heterocycles. The average molecular weight is 349 g/mol. The zero-order valence-electron chi connectivity index (χ0n) is 14.9. The van der Waals surface area contributed by atoms with E-state index >= 15 is 0 Å². The fraction of sp³-hybridized carbons (Fsp3) is 0.333. The second-order valence-electron chi connectivity index (χ2n) is 6.98. The van der Waals surface area contributed by atoms with Gasteiger partial charge in [0, 0.05) is 11.6 Å². The molecule has 2 heterocycles. The van der Waals surface area contributed by atoms with Crippen LogP contribution >= 0.6 is 0 Å². The van der Waals surface area contributed by atoms with Gasteiger partial charge in [0.25, 0.3) is 0 Å². The van der Waals surface area contributed by atoms with E-state index in [2.05, 4.69) is 15.2 Å². The molecule has 4 rings (SSSR count). The van der Waals surface area contributed by atoms with Gasteiger partial charge in [0.15, 0.2) is 11.5 Å². The summed E-state index contributed by atoms with van der Waals surface area (Å²) in [5.74, 6) is 1.20. The first-order valence-corrected chi connectivity index (χ1v) is 9.12. The van der Waals surface area contributed by atoms with E-state index < -0.39 is 0 Å². The number of fused-ring (bicyclic) bond motifs is 1. The standard InChI is InChI=1S/C21H23N3O2/c1-15-6-8-17(9-7-15)22-20(25)14-24-12-10-16(11-13-24)21-23-18-4-2-3-5-19(18)26-21/h2-9,16H,10-14H2,1H3,(H,22,25). The highest BCUT2D eigenvalue weighted by Crippen LogP contribution is 2.29. The molecule has 5 heteroatoms. The van der Waals surface area contributed by atoms with E-state index in [0.717, 1.165) is 48.6 Å². The molecule has 1 N–H and O–H groups in total. The fourth-order valence-electron chi connectivity index (χ4n) is 3.44. The average Bonchev–Trinajstić information content (AvgIpc) is 3.08. The normalized spacial score (nSPS) is 16.0. The molecule has 1 aliphatic heterocycles. The van der Waals surface area contributed by atoms with Crippen LogP contribution in [0.4, 0.5) is 5.69 Å². The van der Waals surface area contributed by atoms with Gasteiger partial charge in [0.2, 0.25) is 5.91 Å². The Labute approximate surface area is 153 Å². The number of nitrogens with zero attached hydrogens (tertiary/aromatic N) is 2. The molecule has 1 aliphatic rings. The monoisotopic (exact) mass is 349 g/mol. The van der Waals surface area contributed by atoms with Crippen molar-refractivity contribution < 1.29 is 9.21 Å². The summed E-state index contributed by atoms with van der Waals surface area (Å²) in [6.45, 7) is 4.22. The van der Waals surface area contributed by atoms with Gasteiger partial charge < -0.3 is 9.73 Å². The molecule has 26 heavy (non-hydrogen) atoms. The van der Waals surface area contributed by atoms with Gasteiger partial charge >= 0.3 is 0 Å². The Hall–Kier alpha value is -2.66. The number of carbonyl (C=O) groups excluding carboxylic acids is 1. The second-order valence-corrected chi connectivity index (χ2v) is 6.98. The lowest BCUT2D eigenvalue weighted by atomic mass is 9.97. The Morgan fingerprint density at radius 3 is 2.62 bits per heavy atom. The van der Waals surface area contributed by atoms with Gasteiger partial charge in [-0.25, -0.2) is 4.98 Å². The van der Waals surface area contributed by atoms with Crippen LogP contribution in [0.15, 0.2) is 52.9 Å². The minimum Gasteiger partial charge on any atom is -0.440 e. The van der Waals surface area contributed by atoms with E-state index in [1.807, 2.05) is 55.5 Å². The summed E-state index contributed by atoms with van der Waals surface area (Å²) in [6.07, 6.45) is 1.93. The summed E-state index contributed by atoms with van der Waals surface area (Å²) in [5, 5.41) is 2.97. The van der Waals surface area contributed by atoms with Crippen molar-refractivity contribution in [2.45, 2.75) is 25.7 Å². The van der Waals surface area contributed by atoms with E-state index in [1.165, 1.54) is 5.56 Å². The van der Waals surface area contributed by atoms with Crippen LogP contribution in [0.25, 0.3) is 11.1 Å². The fourth-order valence-corrected chi connectivity index (χ4v) is 3.44. The molecule has 0 radical (unpaired) electrons. The van der Waals surface area contributed by atoms with Crippen LogP contribution in [0.5, 0.6) is 0 Å². The highest BCUT2D eigenvalue weighted by atomic mass is 16.3. The third-order valence-corrected chi connectivity index (χ3v) is 4.95. The van der Waals surface area contributed by atoms with Crippen molar-refractivity contribution >= 4 is 22.7 Å². The second kappa shape index (κ2) is 7.30. The molecule has 0 saturated carbocycles. The highest BCUT2D eigenvalue weighted by Gasteiger charge is 2.25. The van der Waals surface area contributed by atoms with Crippen molar-refractivity contribution in [2.75, 3.05) is 25.0 Å².